The van der Waals surface area contributed by atoms with Gasteiger partial charge in [0.15, 0.2) is 18.1 Å². The molecule has 0 spiro atoms. The number of rotatable bonds is 10. The van der Waals surface area contributed by atoms with Gasteiger partial charge in [-0.15, -0.1) is 0 Å². The molecule has 3 aromatic carbocycles. The molecule has 8 heteroatoms. The lowest BCUT2D eigenvalue weighted by Crippen LogP contribution is -2.24. The van der Waals surface area contributed by atoms with E-state index in [1.165, 1.54) is 6.21 Å². The summed E-state index contributed by atoms with van der Waals surface area (Å²) in [7, 11) is 0. The van der Waals surface area contributed by atoms with Crippen LogP contribution in [-0.4, -0.2) is 25.3 Å². The largest absolute Gasteiger partial charge is 0.490 e. The topological polar surface area (TPSA) is 69.2 Å². The minimum absolute atomic E-state index is 0.127. The van der Waals surface area contributed by atoms with E-state index in [0.29, 0.717) is 30.5 Å². The molecule has 6 nitrogen and oxygen atoms in total. The lowest BCUT2D eigenvalue weighted by molar-refractivity contribution is -0.123. The first-order valence-corrected chi connectivity index (χ1v) is 11.5. The summed E-state index contributed by atoms with van der Waals surface area (Å²) in [6.07, 6.45) is 1.53. The molecule has 0 atom stereocenters. The fourth-order valence-electron chi connectivity index (χ4n) is 2.68. The van der Waals surface area contributed by atoms with E-state index >= 15 is 0 Å². The highest BCUT2D eigenvalue weighted by Gasteiger charge is 2.12. The molecular weight excluding hydrogens is 540 g/mol. The normalized spacial score (nSPS) is 10.7. The lowest BCUT2D eigenvalue weighted by atomic mass is 10.2. The smallest absolute Gasteiger partial charge is 0.277 e. The molecule has 0 aliphatic carbocycles. The zero-order chi connectivity index (χ0) is 22.8. The first-order chi connectivity index (χ1) is 15.5. The molecular formula is C24H22Br2N2O4. The van der Waals surface area contributed by atoms with E-state index in [2.05, 4.69) is 42.4 Å². The molecule has 0 aromatic heterocycles. The average molecular weight is 562 g/mol. The summed E-state index contributed by atoms with van der Waals surface area (Å²) in [5.41, 5.74) is 4.22. The summed E-state index contributed by atoms with van der Waals surface area (Å²) in [5, 5.41) is 4.00. The first-order valence-electron chi connectivity index (χ1n) is 9.88. The van der Waals surface area contributed by atoms with E-state index < -0.39 is 0 Å². The maximum atomic E-state index is 11.9. The number of halogens is 2. The van der Waals surface area contributed by atoms with Crippen LogP contribution in [0.1, 0.15) is 18.1 Å². The Hall–Kier alpha value is -2.84. The highest BCUT2D eigenvalue weighted by atomic mass is 79.9. The van der Waals surface area contributed by atoms with Gasteiger partial charge in [0, 0.05) is 4.47 Å². The SMILES string of the molecule is CCOc1cc(/C=N\NC(=O)COc2ccccc2)cc(Br)c1OCc1ccc(Br)cc1. The Kier molecular flexibility index (Phi) is 9.13. The Balaban J connectivity index is 1.61. The van der Waals surface area contributed by atoms with Crippen molar-refractivity contribution in [1.29, 1.82) is 0 Å². The van der Waals surface area contributed by atoms with Crippen LogP contribution in [0.2, 0.25) is 0 Å². The molecule has 0 radical (unpaired) electrons. The summed E-state index contributed by atoms with van der Waals surface area (Å²) < 4.78 is 18.9. The summed E-state index contributed by atoms with van der Waals surface area (Å²) in [6.45, 7) is 2.66. The number of nitrogens with zero attached hydrogens (tertiary/aromatic N) is 1. The number of para-hydroxylation sites is 1. The zero-order valence-corrected chi connectivity index (χ0v) is 20.6. The fourth-order valence-corrected chi connectivity index (χ4v) is 3.52. The quantitative estimate of drug-likeness (QED) is 0.254. The molecule has 3 rings (SSSR count). The molecule has 166 valence electrons. The van der Waals surface area contributed by atoms with Crippen LogP contribution in [0.5, 0.6) is 17.2 Å². The number of benzene rings is 3. The molecule has 1 N–H and O–H groups in total. The van der Waals surface area contributed by atoms with Gasteiger partial charge in [-0.3, -0.25) is 4.79 Å². The summed E-state index contributed by atoms with van der Waals surface area (Å²) in [6, 6.07) is 20.7. The van der Waals surface area contributed by atoms with Gasteiger partial charge in [0.05, 0.1) is 17.3 Å². The molecule has 3 aromatic rings. The summed E-state index contributed by atoms with van der Waals surface area (Å²) >= 11 is 6.97. The minimum atomic E-state index is -0.358. The first kappa shape index (κ1) is 23.8. The van der Waals surface area contributed by atoms with Gasteiger partial charge in [0.25, 0.3) is 5.91 Å². The van der Waals surface area contributed by atoms with Crippen molar-refractivity contribution in [3.05, 3.63) is 86.8 Å². The second kappa shape index (κ2) is 12.3. The third-order valence-electron chi connectivity index (χ3n) is 4.14. The Labute approximate surface area is 203 Å². The Morgan fingerprint density at radius 1 is 1.00 bits per heavy atom. The predicted molar refractivity (Wildman–Crippen MR) is 131 cm³/mol. The third kappa shape index (κ3) is 7.39. The monoisotopic (exact) mass is 560 g/mol. The van der Waals surface area contributed by atoms with E-state index in [9.17, 15) is 4.79 Å². The number of hydrazone groups is 1. The van der Waals surface area contributed by atoms with E-state index in [0.717, 1.165) is 20.1 Å². The van der Waals surface area contributed by atoms with Crippen LogP contribution in [0.15, 0.2) is 80.8 Å². The molecule has 0 heterocycles. The molecule has 0 aliphatic rings. The van der Waals surface area contributed by atoms with Crippen molar-refractivity contribution < 1.29 is 19.0 Å². The highest BCUT2D eigenvalue weighted by Crippen LogP contribution is 2.37. The van der Waals surface area contributed by atoms with E-state index in [-0.39, 0.29) is 12.5 Å². The van der Waals surface area contributed by atoms with Gasteiger partial charge >= 0.3 is 0 Å². The molecule has 0 saturated heterocycles. The van der Waals surface area contributed by atoms with E-state index in [1.807, 2.05) is 55.5 Å². The third-order valence-corrected chi connectivity index (χ3v) is 5.26. The zero-order valence-electron chi connectivity index (χ0n) is 17.4. The molecule has 0 fully saturated rings. The van der Waals surface area contributed by atoms with Gasteiger partial charge < -0.3 is 14.2 Å². The number of carbonyl (C=O) groups is 1. The summed E-state index contributed by atoms with van der Waals surface area (Å²) in [5.74, 6) is 1.45. The number of hydrogen-bond donors (Lipinski definition) is 1. The van der Waals surface area contributed by atoms with Crippen molar-refractivity contribution in [2.45, 2.75) is 13.5 Å². The van der Waals surface area contributed by atoms with Crippen LogP contribution in [0.3, 0.4) is 0 Å². The van der Waals surface area contributed by atoms with E-state index in [1.54, 1.807) is 18.2 Å². The Bertz CT molecular complexity index is 1060. The number of carbonyl (C=O) groups excluding carboxylic acids is 1. The molecule has 1 amide bonds. The van der Waals surface area contributed by atoms with Gasteiger partial charge in [-0.25, -0.2) is 5.43 Å². The number of ether oxygens (including phenoxy) is 3. The average Bonchev–Trinajstić information content (AvgIpc) is 2.79. The minimum Gasteiger partial charge on any atom is -0.490 e. The Morgan fingerprint density at radius 2 is 1.75 bits per heavy atom. The Morgan fingerprint density at radius 3 is 2.47 bits per heavy atom. The van der Waals surface area contributed by atoms with Gasteiger partial charge in [0.2, 0.25) is 0 Å². The number of hydrogen-bond acceptors (Lipinski definition) is 5. The van der Waals surface area contributed by atoms with Crippen LogP contribution in [0.25, 0.3) is 0 Å². The van der Waals surface area contributed by atoms with Gasteiger partial charge in [-0.2, -0.15) is 5.10 Å². The maximum absolute atomic E-state index is 11.9. The molecule has 0 aliphatic heterocycles. The number of amides is 1. The van der Waals surface area contributed by atoms with Crippen molar-refractivity contribution in [2.24, 2.45) is 5.10 Å². The predicted octanol–water partition coefficient (Wildman–Crippen LogP) is 5.72. The molecule has 0 bridgehead atoms. The fraction of sp³-hybridized carbons (Fsp3) is 0.167. The second-order valence-electron chi connectivity index (χ2n) is 6.57. The van der Waals surface area contributed by atoms with Crippen molar-refractivity contribution >= 4 is 44.0 Å². The van der Waals surface area contributed by atoms with Gasteiger partial charge in [-0.05, 0) is 70.4 Å². The lowest BCUT2D eigenvalue weighted by Gasteiger charge is -2.14. The summed E-state index contributed by atoms with van der Waals surface area (Å²) in [4.78, 5) is 11.9. The van der Waals surface area contributed by atoms with Crippen molar-refractivity contribution in [2.75, 3.05) is 13.2 Å². The standard InChI is InChI=1S/C24H22Br2N2O4/c1-2-30-22-13-18(14-27-28-23(29)16-31-20-6-4-3-5-7-20)12-21(26)24(22)32-15-17-8-10-19(25)11-9-17/h3-14H,2,15-16H2,1H3,(H,28,29)/b27-14-. The van der Waals surface area contributed by atoms with E-state index in [4.69, 9.17) is 14.2 Å². The van der Waals surface area contributed by atoms with Crippen LogP contribution in [0, 0.1) is 0 Å². The number of nitrogens with one attached hydrogen (secondary N) is 1. The van der Waals surface area contributed by atoms with Crippen molar-refractivity contribution in [3.63, 3.8) is 0 Å². The van der Waals surface area contributed by atoms with Crippen LogP contribution >= 0.6 is 31.9 Å². The molecule has 32 heavy (non-hydrogen) atoms. The molecule has 0 saturated carbocycles. The highest BCUT2D eigenvalue weighted by molar-refractivity contribution is 9.10. The van der Waals surface area contributed by atoms with Crippen LogP contribution in [0.4, 0.5) is 0 Å². The van der Waals surface area contributed by atoms with Gasteiger partial charge in [0.1, 0.15) is 12.4 Å². The molecule has 0 unspecified atom stereocenters. The van der Waals surface area contributed by atoms with Crippen LogP contribution < -0.4 is 19.6 Å². The van der Waals surface area contributed by atoms with Crippen molar-refractivity contribution in [1.82, 2.24) is 5.43 Å². The second-order valence-corrected chi connectivity index (χ2v) is 8.34. The van der Waals surface area contributed by atoms with Gasteiger partial charge in [-0.1, -0.05) is 46.3 Å². The van der Waals surface area contributed by atoms with Crippen molar-refractivity contribution in [3.8, 4) is 17.2 Å². The van der Waals surface area contributed by atoms with Crippen LogP contribution in [-0.2, 0) is 11.4 Å². The maximum Gasteiger partial charge on any atom is 0.277 e.